The van der Waals surface area contributed by atoms with Crippen molar-refractivity contribution in [1.82, 2.24) is 15.1 Å². The van der Waals surface area contributed by atoms with Gasteiger partial charge in [0.25, 0.3) is 5.91 Å². The molecule has 28 heavy (non-hydrogen) atoms. The van der Waals surface area contributed by atoms with Crippen LogP contribution in [0.15, 0.2) is 18.2 Å². The fourth-order valence-electron chi connectivity index (χ4n) is 3.48. The van der Waals surface area contributed by atoms with E-state index in [9.17, 15) is 10.1 Å². The predicted molar refractivity (Wildman–Crippen MR) is 110 cm³/mol. The Morgan fingerprint density at radius 3 is 2.25 bits per heavy atom. The van der Waals surface area contributed by atoms with E-state index in [0.717, 1.165) is 24.1 Å². The molecule has 1 saturated heterocycles. The summed E-state index contributed by atoms with van der Waals surface area (Å²) in [6, 6.07) is 7.15. The van der Waals surface area contributed by atoms with Crippen molar-refractivity contribution in [3.05, 3.63) is 50.6 Å². The number of carbonyl (C=O) groups is 1. The van der Waals surface area contributed by atoms with Crippen LogP contribution in [0, 0.1) is 11.3 Å². The molecule has 1 aliphatic rings. The minimum Gasteiger partial charge on any atom is -0.350 e. The molecular formula is C20H21Cl2N5O. The van der Waals surface area contributed by atoms with Crippen LogP contribution in [0.5, 0.6) is 0 Å². The molecule has 3 rings (SSSR count). The number of amides is 1. The van der Waals surface area contributed by atoms with E-state index in [-0.39, 0.29) is 5.91 Å². The summed E-state index contributed by atoms with van der Waals surface area (Å²) in [5.74, 6) is 0.501. The van der Waals surface area contributed by atoms with Gasteiger partial charge in [0.05, 0.1) is 5.69 Å². The van der Waals surface area contributed by atoms with Gasteiger partial charge in [0.1, 0.15) is 11.6 Å². The van der Waals surface area contributed by atoms with E-state index >= 15 is 0 Å². The lowest BCUT2D eigenvalue weighted by atomic mass is 10.0. The first-order valence-corrected chi connectivity index (χ1v) is 10.0. The molecule has 1 aliphatic heterocycles. The molecule has 0 spiro atoms. The first kappa shape index (κ1) is 20.4. The number of nitrogens with zero attached hydrogens (tertiary/aromatic N) is 5. The number of benzene rings is 1. The molecule has 8 heteroatoms. The predicted octanol–water partition coefficient (Wildman–Crippen LogP) is 3.74. The molecule has 1 aromatic carbocycles. The molecule has 0 saturated carbocycles. The lowest BCUT2D eigenvalue weighted by molar-refractivity contribution is 0.0746. The Balaban J connectivity index is 1.77. The zero-order chi connectivity index (χ0) is 20.3. The average Bonchev–Trinajstić information content (AvgIpc) is 2.71. The highest BCUT2D eigenvalue weighted by Crippen LogP contribution is 2.25. The first-order valence-electron chi connectivity index (χ1n) is 9.27. The fourth-order valence-corrected chi connectivity index (χ4v) is 4.01. The van der Waals surface area contributed by atoms with E-state index in [1.807, 2.05) is 18.7 Å². The van der Waals surface area contributed by atoms with Gasteiger partial charge < -0.3 is 9.80 Å². The van der Waals surface area contributed by atoms with Crippen molar-refractivity contribution in [3.63, 3.8) is 0 Å². The number of carbonyl (C=O) groups excluding carboxylic acids is 1. The maximum absolute atomic E-state index is 12.8. The molecule has 146 valence electrons. The third-order valence-corrected chi connectivity index (χ3v) is 5.35. The molecule has 6 nitrogen and oxygen atoms in total. The van der Waals surface area contributed by atoms with Crippen molar-refractivity contribution in [1.29, 1.82) is 5.26 Å². The molecule has 2 heterocycles. The number of anilines is 1. The Labute approximate surface area is 174 Å². The number of aromatic nitrogens is 2. The molecule has 0 radical (unpaired) electrons. The van der Waals surface area contributed by atoms with Gasteiger partial charge in [-0.3, -0.25) is 4.79 Å². The van der Waals surface area contributed by atoms with Crippen molar-refractivity contribution in [3.8, 4) is 6.07 Å². The van der Waals surface area contributed by atoms with E-state index in [1.54, 1.807) is 23.1 Å². The summed E-state index contributed by atoms with van der Waals surface area (Å²) >= 11 is 12.0. The summed E-state index contributed by atoms with van der Waals surface area (Å²) in [6.07, 6.45) is 1.48. The van der Waals surface area contributed by atoms with Crippen LogP contribution in [0.2, 0.25) is 10.0 Å². The molecule has 1 aromatic heterocycles. The monoisotopic (exact) mass is 417 g/mol. The lowest BCUT2D eigenvalue weighted by Crippen LogP contribution is -2.49. The second-order valence-corrected chi connectivity index (χ2v) is 7.45. The van der Waals surface area contributed by atoms with Crippen LogP contribution in [0.4, 0.5) is 5.82 Å². The van der Waals surface area contributed by atoms with E-state index in [0.29, 0.717) is 53.2 Å². The van der Waals surface area contributed by atoms with Gasteiger partial charge in [-0.2, -0.15) is 10.4 Å². The van der Waals surface area contributed by atoms with Gasteiger partial charge in [0, 0.05) is 41.8 Å². The van der Waals surface area contributed by atoms with Crippen molar-refractivity contribution < 1.29 is 4.79 Å². The molecule has 2 aromatic rings. The fraction of sp³-hybridized carbons (Fsp3) is 0.400. The second-order valence-electron chi connectivity index (χ2n) is 6.58. The summed E-state index contributed by atoms with van der Waals surface area (Å²) < 4.78 is 0. The Bertz CT molecular complexity index is 913. The zero-order valence-electron chi connectivity index (χ0n) is 15.9. The smallest absolute Gasteiger partial charge is 0.254 e. The maximum atomic E-state index is 12.8. The van der Waals surface area contributed by atoms with Crippen molar-refractivity contribution in [2.75, 3.05) is 31.1 Å². The molecule has 0 N–H and O–H groups in total. The van der Waals surface area contributed by atoms with Crippen LogP contribution in [-0.4, -0.2) is 47.2 Å². The lowest BCUT2D eigenvalue weighted by Gasteiger charge is -2.35. The third kappa shape index (κ3) is 4.06. The molecule has 0 atom stereocenters. The van der Waals surface area contributed by atoms with Crippen LogP contribution in [0.1, 0.15) is 41.0 Å². The van der Waals surface area contributed by atoms with Crippen LogP contribution < -0.4 is 4.90 Å². The van der Waals surface area contributed by atoms with Crippen molar-refractivity contribution in [2.45, 2.75) is 26.7 Å². The maximum Gasteiger partial charge on any atom is 0.254 e. The Morgan fingerprint density at radius 2 is 1.71 bits per heavy atom. The van der Waals surface area contributed by atoms with Gasteiger partial charge in [0.15, 0.2) is 5.82 Å². The molecule has 1 amide bonds. The summed E-state index contributed by atoms with van der Waals surface area (Å²) in [6.45, 7) is 6.24. The number of halogens is 2. The van der Waals surface area contributed by atoms with Crippen molar-refractivity contribution in [2.24, 2.45) is 0 Å². The minimum atomic E-state index is -0.105. The van der Waals surface area contributed by atoms with Gasteiger partial charge in [0.2, 0.25) is 0 Å². The standard InChI is InChI=1S/C20H21Cl2N5O/c1-3-16-17(12-23)19(25-24-18(16)4-2)26-5-7-27(8-6-26)20(28)13-9-14(21)11-15(22)10-13/h9-11H,3-8H2,1-2H3. The van der Waals surface area contributed by atoms with E-state index in [1.165, 1.54) is 0 Å². The van der Waals surface area contributed by atoms with Crippen LogP contribution in [0.3, 0.4) is 0 Å². The largest absolute Gasteiger partial charge is 0.350 e. The van der Waals surface area contributed by atoms with Gasteiger partial charge in [-0.1, -0.05) is 37.0 Å². The SMILES string of the molecule is CCc1nnc(N2CCN(C(=O)c3cc(Cl)cc(Cl)c3)CC2)c(C#N)c1CC. The van der Waals surface area contributed by atoms with Gasteiger partial charge in [-0.25, -0.2) is 0 Å². The number of aryl methyl sites for hydroxylation is 1. The number of rotatable bonds is 4. The zero-order valence-corrected chi connectivity index (χ0v) is 17.4. The number of hydrogen-bond acceptors (Lipinski definition) is 5. The summed E-state index contributed by atoms with van der Waals surface area (Å²) in [5, 5.41) is 19.2. The molecule has 0 aliphatic carbocycles. The summed E-state index contributed by atoms with van der Waals surface area (Å²) in [4.78, 5) is 16.6. The quantitative estimate of drug-likeness (QED) is 0.757. The molecule has 0 unspecified atom stereocenters. The highest BCUT2D eigenvalue weighted by Gasteiger charge is 2.26. The second kappa shape index (κ2) is 8.76. The van der Waals surface area contributed by atoms with E-state index < -0.39 is 0 Å². The molecular weight excluding hydrogens is 397 g/mol. The Hall–Kier alpha value is -2.36. The minimum absolute atomic E-state index is 0.105. The molecule has 1 fully saturated rings. The average molecular weight is 418 g/mol. The van der Waals surface area contributed by atoms with Gasteiger partial charge in [-0.15, -0.1) is 5.10 Å². The highest BCUT2D eigenvalue weighted by atomic mass is 35.5. The first-order chi connectivity index (χ1) is 13.5. The van der Waals surface area contributed by atoms with E-state index in [2.05, 4.69) is 16.3 Å². The molecule has 0 bridgehead atoms. The topological polar surface area (TPSA) is 73.1 Å². The van der Waals surface area contributed by atoms with E-state index in [4.69, 9.17) is 23.2 Å². The van der Waals surface area contributed by atoms with Crippen LogP contribution >= 0.6 is 23.2 Å². The number of nitriles is 1. The number of hydrogen-bond donors (Lipinski definition) is 0. The Kier molecular flexibility index (Phi) is 6.38. The van der Waals surface area contributed by atoms with Crippen LogP contribution in [0.25, 0.3) is 0 Å². The van der Waals surface area contributed by atoms with Crippen molar-refractivity contribution >= 4 is 34.9 Å². The van der Waals surface area contributed by atoms with Crippen LogP contribution in [-0.2, 0) is 12.8 Å². The highest BCUT2D eigenvalue weighted by molar-refractivity contribution is 6.35. The Morgan fingerprint density at radius 1 is 1.07 bits per heavy atom. The van der Waals surface area contributed by atoms with Gasteiger partial charge >= 0.3 is 0 Å². The normalized spacial score (nSPS) is 14.1. The summed E-state index contributed by atoms with van der Waals surface area (Å²) in [7, 11) is 0. The van der Waals surface area contributed by atoms with Gasteiger partial charge in [-0.05, 0) is 36.6 Å². The number of piperazine rings is 1. The summed E-state index contributed by atoms with van der Waals surface area (Å²) in [5.41, 5.74) is 2.90. The third-order valence-electron chi connectivity index (χ3n) is 4.92.